The van der Waals surface area contributed by atoms with Crippen LogP contribution < -0.4 is 5.32 Å². The first-order valence-electron chi connectivity index (χ1n) is 6.35. The van der Waals surface area contributed by atoms with E-state index in [1.165, 1.54) is 0 Å². The van der Waals surface area contributed by atoms with Crippen molar-refractivity contribution in [3.05, 3.63) is 35.9 Å². The van der Waals surface area contributed by atoms with E-state index < -0.39 is 12.6 Å². The molecule has 0 aliphatic rings. The molecular formula is C14H20F3N. The SMILES string of the molecule is CCCNC(CCC(F)(F)F)Cc1ccccc1. The van der Waals surface area contributed by atoms with Crippen molar-refractivity contribution < 1.29 is 13.2 Å². The van der Waals surface area contributed by atoms with E-state index in [2.05, 4.69) is 5.32 Å². The Hall–Kier alpha value is -1.03. The summed E-state index contributed by atoms with van der Waals surface area (Å²) in [5.74, 6) is 0. The van der Waals surface area contributed by atoms with Crippen LogP contribution in [-0.4, -0.2) is 18.8 Å². The maximum Gasteiger partial charge on any atom is 0.389 e. The highest BCUT2D eigenvalue weighted by molar-refractivity contribution is 5.15. The number of nitrogens with one attached hydrogen (secondary N) is 1. The zero-order valence-electron chi connectivity index (χ0n) is 10.6. The summed E-state index contributed by atoms with van der Waals surface area (Å²) in [4.78, 5) is 0. The molecule has 0 aliphatic carbocycles. The normalized spacial score (nSPS) is 13.6. The number of rotatable bonds is 7. The molecule has 1 N–H and O–H groups in total. The minimum absolute atomic E-state index is 0.103. The Morgan fingerprint density at radius 3 is 2.39 bits per heavy atom. The lowest BCUT2D eigenvalue weighted by Crippen LogP contribution is -2.33. The highest BCUT2D eigenvalue weighted by Gasteiger charge is 2.28. The van der Waals surface area contributed by atoms with Gasteiger partial charge in [-0.25, -0.2) is 0 Å². The number of hydrogen-bond acceptors (Lipinski definition) is 1. The van der Waals surface area contributed by atoms with Crippen molar-refractivity contribution in [3.8, 4) is 0 Å². The molecule has 0 radical (unpaired) electrons. The van der Waals surface area contributed by atoms with Gasteiger partial charge in [-0.3, -0.25) is 0 Å². The van der Waals surface area contributed by atoms with Crippen molar-refractivity contribution in [1.29, 1.82) is 0 Å². The van der Waals surface area contributed by atoms with Crippen LogP contribution in [0.4, 0.5) is 13.2 Å². The van der Waals surface area contributed by atoms with Crippen molar-refractivity contribution in [1.82, 2.24) is 5.32 Å². The van der Waals surface area contributed by atoms with Gasteiger partial charge in [-0.05, 0) is 31.4 Å². The highest BCUT2D eigenvalue weighted by Crippen LogP contribution is 2.23. The molecule has 0 saturated carbocycles. The van der Waals surface area contributed by atoms with E-state index in [4.69, 9.17) is 0 Å². The molecule has 102 valence electrons. The fraction of sp³-hybridized carbons (Fsp3) is 0.571. The molecule has 0 spiro atoms. The first-order valence-corrected chi connectivity index (χ1v) is 6.35. The Balaban J connectivity index is 2.50. The summed E-state index contributed by atoms with van der Waals surface area (Å²) in [5, 5.41) is 3.19. The van der Waals surface area contributed by atoms with Crippen LogP contribution in [0, 0.1) is 0 Å². The molecule has 1 rings (SSSR count). The second kappa shape index (κ2) is 7.41. The van der Waals surface area contributed by atoms with Crippen LogP contribution in [0.3, 0.4) is 0 Å². The van der Waals surface area contributed by atoms with Gasteiger partial charge in [0.1, 0.15) is 0 Å². The topological polar surface area (TPSA) is 12.0 Å². The monoisotopic (exact) mass is 259 g/mol. The lowest BCUT2D eigenvalue weighted by atomic mass is 10.0. The van der Waals surface area contributed by atoms with Crippen LogP contribution in [-0.2, 0) is 6.42 Å². The van der Waals surface area contributed by atoms with Gasteiger partial charge < -0.3 is 5.32 Å². The van der Waals surface area contributed by atoms with Gasteiger partial charge in [-0.15, -0.1) is 0 Å². The minimum atomic E-state index is -4.07. The summed E-state index contributed by atoms with van der Waals surface area (Å²) in [6, 6.07) is 9.54. The molecule has 0 saturated heterocycles. The van der Waals surface area contributed by atoms with E-state index in [1.54, 1.807) is 0 Å². The van der Waals surface area contributed by atoms with E-state index in [0.29, 0.717) is 6.42 Å². The van der Waals surface area contributed by atoms with Crippen LogP contribution in [0.2, 0.25) is 0 Å². The van der Waals surface area contributed by atoms with Crippen molar-refractivity contribution in [2.75, 3.05) is 6.54 Å². The summed E-state index contributed by atoms with van der Waals surface area (Å²) in [6.45, 7) is 2.77. The fourth-order valence-corrected chi connectivity index (χ4v) is 1.86. The predicted octanol–water partition coefficient (Wildman–Crippen LogP) is 3.94. The van der Waals surface area contributed by atoms with Gasteiger partial charge in [0.2, 0.25) is 0 Å². The van der Waals surface area contributed by atoms with E-state index in [0.717, 1.165) is 18.5 Å². The molecule has 1 nitrogen and oxygen atoms in total. The van der Waals surface area contributed by atoms with Gasteiger partial charge in [0.15, 0.2) is 0 Å². The molecule has 0 aliphatic heterocycles. The van der Waals surface area contributed by atoms with Gasteiger partial charge >= 0.3 is 6.18 Å². The van der Waals surface area contributed by atoms with E-state index in [1.807, 2.05) is 37.3 Å². The van der Waals surface area contributed by atoms with Crippen LogP contribution in [0.15, 0.2) is 30.3 Å². The third-order valence-electron chi connectivity index (χ3n) is 2.78. The fourth-order valence-electron chi connectivity index (χ4n) is 1.86. The average molecular weight is 259 g/mol. The summed E-state index contributed by atoms with van der Waals surface area (Å²) in [7, 11) is 0. The number of hydrogen-bond donors (Lipinski definition) is 1. The Kier molecular flexibility index (Phi) is 6.19. The summed E-state index contributed by atoms with van der Waals surface area (Å²) in [6.07, 6.45) is -3.07. The van der Waals surface area contributed by atoms with Crippen molar-refractivity contribution >= 4 is 0 Å². The summed E-state index contributed by atoms with van der Waals surface area (Å²) < 4.78 is 36.7. The first kappa shape index (κ1) is 15.0. The van der Waals surface area contributed by atoms with Crippen LogP contribution >= 0.6 is 0 Å². The van der Waals surface area contributed by atoms with Crippen LogP contribution in [0.25, 0.3) is 0 Å². The third-order valence-corrected chi connectivity index (χ3v) is 2.78. The number of alkyl halides is 3. The Bertz CT molecular complexity index is 322. The Morgan fingerprint density at radius 1 is 1.17 bits per heavy atom. The van der Waals surface area contributed by atoms with Gasteiger partial charge in [-0.2, -0.15) is 13.2 Å². The van der Waals surface area contributed by atoms with Gasteiger partial charge in [0, 0.05) is 12.5 Å². The van der Waals surface area contributed by atoms with Crippen molar-refractivity contribution in [2.24, 2.45) is 0 Å². The van der Waals surface area contributed by atoms with Gasteiger partial charge in [-0.1, -0.05) is 37.3 Å². The molecule has 0 bridgehead atoms. The van der Waals surface area contributed by atoms with E-state index >= 15 is 0 Å². The number of halogens is 3. The second-order valence-electron chi connectivity index (χ2n) is 4.49. The minimum Gasteiger partial charge on any atom is -0.314 e. The molecule has 0 aromatic heterocycles. The van der Waals surface area contributed by atoms with Crippen molar-refractivity contribution in [3.63, 3.8) is 0 Å². The second-order valence-corrected chi connectivity index (χ2v) is 4.49. The zero-order chi connectivity index (χ0) is 13.4. The maximum atomic E-state index is 12.2. The quantitative estimate of drug-likeness (QED) is 0.782. The molecule has 0 heterocycles. The summed E-state index contributed by atoms with van der Waals surface area (Å²) in [5.41, 5.74) is 1.08. The highest BCUT2D eigenvalue weighted by atomic mass is 19.4. The smallest absolute Gasteiger partial charge is 0.314 e. The number of benzene rings is 1. The third kappa shape index (κ3) is 6.64. The van der Waals surface area contributed by atoms with E-state index in [9.17, 15) is 13.2 Å². The Morgan fingerprint density at radius 2 is 1.83 bits per heavy atom. The van der Waals surface area contributed by atoms with Crippen molar-refractivity contribution in [2.45, 2.75) is 44.8 Å². The molecular weight excluding hydrogens is 239 g/mol. The molecule has 1 aromatic rings. The molecule has 18 heavy (non-hydrogen) atoms. The molecule has 0 amide bonds. The molecule has 4 heteroatoms. The standard InChI is InChI=1S/C14H20F3N/c1-2-10-18-13(8-9-14(15,16)17)11-12-6-4-3-5-7-12/h3-7,13,18H,2,8-11H2,1H3. The van der Waals surface area contributed by atoms with Gasteiger partial charge in [0.25, 0.3) is 0 Å². The predicted molar refractivity (Wildman–Crippen MR) is 67.5 cm³/mol. The summed E-state index contributed by atoms with van der Waals surface area (Å²) >= 11 is 0. The van der Waals surface area contributed by atoms with Crippen LogP contribution in [0.5, 0.6) is 0 Å². The van der Waals surface area contributed by atoms with Crippen LogP contribution in [0.1, 0.15) is 31.7 Å². The molecule has 1 unspecified atom stereocenters. The lowest BCUT2D eigenvalue weighted by Gasteiger charge is -2.19. The lowest BCUT2D eigenvalue weighted by molar-refractivity contribution is -0.136. The first-order chi connectivity index (χ1) is 8.51. The Labute approximate surface area is 106 Å². The molecule has 1 aromatic carbocycles. The largest absolute Gasteiger partial charge is 0.389 e. The molecule has 0 fully saturated rings. The molecule has 1 atom stereocenters. The van der Waals surface area contributed by atoms with E-state index in [-0.39, 0.29) is 12.5 Å². The zero-order valence-corrected chi connectivity index (χ0v) is 10.6. The van der Waals surface area contributed by atoms with Gasteiger partial charge in [0.05, 0.1) is 0 Å². The average Bonchev–Trinajstić information content (AvgIpc) is 2.33. The maximum absolute atomic E-state index is 12.2.